The predicted octanol–water partition coefficient (Wildman–Crippen LogP) is 3.74. The summed E-state index contributed by atoms with van der Waals surface area (Å²) < 4.78 is 19.4. The summed E-state index contributed by atoms with van der Waals surface area (Å²) in [7, 11) is 0. The van der Waals surface area contributed by atoms with Gasteiger partial charge in [0.05, 0.1) is 6.61 Å². The molecule has 1 aliphatic rings. The van der Waals surface area contributed by atoms with Crippen molar-refractivity contribution in [3.63, 3.8) is 0 Å². The minimum atomic E-state index is -0.198. The van der Waals surface area contributed by atoms with E-state index in [1.54, 1.807) is 12.1 Å². The summed E-state index contributed by atoms with van der Waals surface area (Å²) in [6.07, 6.45) is 0.915. The van der Waals surface area contributed by atoms with Crippen LogP contribution in [0.4, 0.5) is 4.39 Å². The molecule has 1 aliphatic heterocycles. The molecule has 1 nitrogen and oxygen atoms in total. The Kier molecular flexibility index (Phi) is 2.36. The van der Waals surface area contributed by atoms with E-state index in [4.69, 9.17) is 4.74 Å². The SMILES string of the molecule is Cc1cc2c(c(-c3ccccc3F)c1)OCC2. The molecular weight excluding hydrogens is 215 g/mol. The highest BCUT2D eigenvalue weighted by atomic mass is 19.1. The largest absolute Gasteiger partial charge is 0.492 e. The zero-order valence-corrected chi connectivity index (χ0v) is 9.66. The van der Waals surface area contributed by atoms with Crippen molar-refractivity contribution < 1.29 is 9.13 Å². The summed E-state index contributed by atoms with van der Waals surface area (Å²) in [5, 5.41) is 0. The lowest BCUT2D eigenvalue weighted by molar-refractivity contribution is 0.358. The maximum absolute atomic E-state index is 13.8. The summed E-state index contributed by atoms with van der Waals surface area (Å²) in [4.78, 5) is 0. The van der Waals surface area contributed by atoms with Crippen LogP contribution in [0.5, 0.6) is 5.75 Å². The van der Waals surface area contributed by atoms with Gasteiger partial charge in [-0.1, -0.05) is 24.3 Å². The topological polar surface area (TPSA) is 9.23 Å². The van der Waals surface area contributed by atoms with Gasteiger partial charge in [-0.2, -0.15) is 0 Å². The number of rotatable bonds is 1. The molecule has 0 unspecified atom stereocenters. The Bertz CT molecular complexity index is 575. The third kappa shape index (κ3) is 1.70. The van der Waals surface area contributed by atoms with Crippen molar-refractivity contribution in [1.82, 2.24) is 0 Å². The molecule has 0 bridgehead atoms. The van der Waals surface area contributed by atoms with Crippen molar-refractivity contribution >= 4 is 0 Å². The molecule has 17 heavy (non-hydrogen) atoms. The second-order valence-electron chi connectivity index (χ2n) is 4.38. The molecule has 86 valence electrons. The molecule has 2 heteroatoms. The van der Waals surface area contributed by atoms with E-state index in [0.717, 1.165) is 23.3 Å². The van der Waals surface area contributed by atoms with Crippen molar-refractivity contribution in [2.75, 3.05) is 6.61 Å². The van der Waals surface area contributed by atoms with Gasteiger partial charge < -0.3 is 4.74 Å². The maximum Gasteiger partial charge on any atom is 0.131 e. The van der Waals surface area contributed by atoms with E-state index < -0.39 is 0 Å². The Morgan fingerprint density at radius 1 is 1.12 bits per heavy atom. The predicted molar refractivity (Wildman–Crippen MR) is 65.8 cm³/mol. The molecule has 0 radical (unpaired) electrons. The first-order valence-electron chi connectivity index (χ1n) is 5.77. The normalized spacial score (nSPS) is 13.3. The second-order valence-corrected chi connectivity index (χ2v) is 4.38. The molecule has 0 N–H and O–H groups in total. The number of benzene rings is 2. The summed E-state index contributed by atoms with van der Waals surface area (Å²) >= 11 is 0. The van der Waals surface area contributed by atoms with Crippen LogP contribution in [0.2, 0.25) is 0 Å². The minimum Gasteiger partial charge on any atom is -0.492 e. The second kappa shape index (κ2) is 3.88. The van der Waals surface area contributed by atoms with Crippen molar-refractivity contribution in [1.29, 1.82) is 0 Å². The molecule has 0 saturated carbocycles. The van der Waals surface area contributed by atoms with Crippen molar-refractivity contribution in [3.8, 4) is 16.9 Å². The summed E-state index contributed by atoms with van der Waals surface area (Å²) in [5.74, 6) is 0.650. The number of halogens is 1. The van der Waals surface area contributed by atoms with Crippen LogP contribution in [-0.2, 0) is 6.42 Å². The fourth-order valence-corrected chi connectivity index (χ4v) is 2.35. The first-order valence-corrected chi connectivity index (χ1v) is 5.77. The number of hydrogen-bond donors (Lipinski definition) is 0. The van der Waals surface area contributed by atoms with Gasteiger partial charge in [0.2, 0.25) is 0 Å². The lowest BCUT2D eigenvalue weighted by Crippen LogP contribution is -1.91. The monoisotopic (exact) mass is 228 g/mol. The molecule has 2 aromatic carbocycles. The molecular formula is C15H13FO. The van der Waals surface area contributed by atoms with Crippen LogP contribution in [-0.4, -0.2) is 6.61 Å². The van der Waals surface area contributed by atoms with E-state index in [0.29, 0.717) is 12.2 Å². The van der Waals surface area contributed by atoms with Gasteiger partial charge in [-0.15, -0.1) is 0 Å². The third-order valence-corrected chi connectivity index (χ3v) is 3.09. The Morgan fingerprint density at radius 3 is 2.76 bits per heavy atom. The molecule has 3 rings (SSSR count). The first-order chi connectivity index (χ1) is 8.25. The third-order valence-electron chi connectivity index (χ3n) is 3.09. The fourth-order valence-electron chi connectivity index (χ4n) is 2.35. The van der Waals surface area contributed by atoms with E-state index in [1.165, 1.54) is 11.6 Å². The molecule has 2 aromatic rings. The van der Waals surface area contributed by atoms with Crippen LogP contribution < -0.4 is 4.74 Å². The molecule has 0 aliphatic carbocycles. The summed E-state index contributed by atoms with van der Waals surface area (Å²) in [6, 6.07) is 10.9. The summed E-state index contributed by atoms with van der Waals surface area (Å²) in [6.45, 7) is 2.73. The molecule has 0 aromatic heterocycles. The molecule has 1 heterocycles. The van der Waals surface area contributed by atoms with Gasteiger partial charge in [0.15, 0.2) is 0 Å². The standard InChI is InChI=1S/C15H13FO/c1-10-8-11-6-7-17-15(11)13(9-10)12-4-2-3-5-14(12)16/h2-5,8-9H,6-7H2,1H3. The van der Waals surface area contributed by atoms with Gasteiger partial charge in [0.25, 0.3) is 0 Å². The summed E-state index contributed by atoms with van der Waals surface area (Å²) in [5.41, 5.74) is 3.82. The van der Waals surface area contributed by atoms with Crippen LogP contribution in [0.15, 0.2) is 36.4 Å². The first kappa shape index (κ1) is 10.3. The molecule has 0 amide bonds. The van der Waals surface area contributed by atoms with Crippen LogP contribution in [0.25, 0.3) is 11.1 Å². The van der Waals surface area contributed by atoms with E-state index in [1.807, 2.05) is 19.1 Å². The highest BCUT2D eigenvalue weighted by Crippen LogP contribution is 2.38. The quantitative estimate of drug-likeness (QED) is 0.722. The lowest BCUT2D eigenvalue weighted by atomic mass is 9.98. The maximum atomic E-state index is 13.8. The van der Waals surface area contributed by atoms with Crippen LogP contribution in [0.3, 0.4) is 0 Å². The van der Waals surface area contributed by atoms with Gasteiger partial charge in [-0.3, -0.25) is 0 Å². The van der Waals surface area contributed by atoms with E-state index in [-0.39, 0.29) is 5.82 Å². The fraction of sp³-hybridized carbons (Fsp3) is 0.200. The Balaban J connectivity index is 2.25. The van der Waals surface area contributed by atoms with Gasteiger partial charge in [0.1, 0.15) is 11.6 Å². The highest BCUT2D eigenvalue weighted by molar-refractivity contribution is 5.74. The van der Waals surface area contributed by atoms with E-state index >= 15 is 0 Å². The van der Waals surface area contributed by atoms with Crippen LogP contribution >= 0.6 is 0 Å². The molecule has 0 saturated heterocycles. The average molecular weight is 228 g/mol. The van der Waals surface area contributed by atoms with Gasteiger partial charge in [-0.25, -0.2) is 4.39 Å². The van der Waals surface area contributed by atoms with Gasteiger partial charge in [0, 0.05) is 17.5 Å². The number of aryl methyl sites for hydroxylation is 1. The van der Waals surface area contributed by atoms with Crippen LogP contribution in [0.1, 0.15) is 11.1 Å². The van der Waals surface area contributed by atoms with E-state index in [2.05, 4.69) is 6.07 Å². The van der Waals surface area contributed by atoms with Gasteiger partial charge >= 0.3 is 0 Å². The smallest absolute Gasteiger partial charge is 0.131 e. The zero-order chi connectivity index (χ0) is 11.8. The number of fused-ring (bicyclic) bond motifs is 1. The Labute approximate surface area is 99.9 Å². The van der Waals surface area contributed by atoms with Gasteiger partial charge in [-0.05, 0) is 30.2 Å². The average Bonchev–Trinajstić information content (AvgIpc) is 2.76. The molecule has 0 atom stereocenters. The Morgan fingerprint density at radius 2 is 1.94 bits per heavy atom. The molecule has 0 spiro atoms. The van der Waals surface area contributed by atoms with Crippen LogP contribution in [0, 0.1) is 12.7 Å². The number of hydrogen-bond acceptors (Lipinski definition) is 1. The zero-order valence-electron chi connectivity index (χ0n) is 9.66. The molecule has 0 fully saturated rings. The number of ether oxygens (including phenoxy) is 1. The van der Waals surface area contributed by atoms with Crippen molar-refractivity contribution in [2.45, 2.75) is 13.3 Å². The lowest BCUT2D eigenvalue weighted by Gasteiger charge is -2.10. The Hall–Kier alpha value is -1.83. The van der Waals surface area contributed by atoms with Crippen molar-refractivity contribution in [2.24, 2.45) is 0 Å². The van der Waals surface area contributed by atoms with Crippen molar-refractivity contribution in [3.05, 3.63) is 53.3 Å². The van der Waals surface area contributed by atoms with E-state index in [9.17, 15) is 4.39 Å². The highest BCUT2D eigenvalue weighted by Gasteiger charge is 2.19. The minimum absolute atomic E-state index is 0.198.